The first-order chi connectivity index (χ1) is 17.0. The highest BCUT2D eigenvalue weighted by Crippen LogP contribution is 2.23. The molecule has 7 nitrogen and oxygen atoms in total. The van der Waals surface area contributed by atoms with Gasteiger partial charge in [-0.1, -0.05) is 12.1 Å². The molecule has 0 spiro atoms. The molecule has 1 amide bonds. The number of aryl methyl sites for hydroxylation is 1. The van der Waals surface area contributed by atoms with Gasteiger partial charge in [-0.3, -0.25) is 9.69 Å². The van der Waals surface area contributed by atoms with Crippen LogP contribution in [0.5, 0.6) is 5.75 Å². The van der Waals surface area contributed by atoms with Crippen LogP contribution in [-0.2, 0) is 11.3 Å². The van der Waals surface area contributed by atoms with E-state index in [0.717, 1.165) is 75.1 Å². The molecule has 0 N–H and O–H groups in total. The molecule has 2 aliphatic heterocycles. The highest BCUT2D eigenvalue weighted by Gasteiger charge is 2.23. The van der Waals surface area contributed by atoms with Gasteiger partial charge >= 0.3 is 5.63 Å². The Morgan fingerprint density at radius 3 is 2.69 bits per heavy atom. The summed E-state index contributed by atoms with van der Waals surface area (Å²) in [6.07, 6.45) is 3.64. The lowest BCUT2D eigenvalue weighted by Gasteiger charge is -2.24. The van der Waals surface area contributed by atoms with E-state index in [0.29, 0.717) is 29.6 Å². The van der Waals surface area contributed by atoms with Crippen molar-refractivity contribution < 1.29 is 18.7 Å². The molecule has 2 fully saturated rings. The van der Waals surface area contributed by atoms with Gasteiger partial charge in [0, 0.05) is 55.9 Å². The highest BCUT2D eigenvalue weighted by molar-refractivity contribution is 5.94. The fourth-order valence-corrected chi connectivity index (χ4v) is 4.92. The number of amides is 1. The zero-order chi connectivity index (χ0) is 24.2. The zero-order valence-electron chi connectivity index (χ0n) is 20.2. The predicted molar refractivity (Wildman–Crippen MR) is 134 cm³/mol. The molecule has 2 aromatic carbocycles. The van der Waals surface area contributed by atoms with Crippen molar-refractivity contribution in [2.75, 3.05) is 39.3 Å². The number of carbonyl (C=O) groups is 1. The number of carbonyl (C=O) groups excluding carboxylic acids is 1. The molecular weight excluding hydrogens is 444 g/mol. The number of ether oxygens (including phenoxy) is 2. The van der Waals surface area contributed by atoms with Gasteiger partial charge in [-0.2, -0.15) is 0 Å². The topological polar surface area (TPSA) is 72.2 Å². The van der Waals surface area contributed by atoms with Gasteiger partial charge in [0.1, 0.15) is 17.9 Å². The van der Waals surface area contributed by atoms with Crippen LogP contribution in [0.1, 0.15) is 40.7 Å². The Morgan fingerprint density at radius 2 is 1.89 bits per heavy atom. The van der Waals surface area contributed by atoms with E-state index in [-0.39, 0.29) is 11.5 Å². The van der Waals surface area contributed by atoms with Crippen LogP contribution in [0.25, 0.3) is 11.0 Å². The van der Waals surface area contributed by atoms with Gasteiger partial charge in [0.05, 0.1) is 6.10 Å². The number of rotatable bonds is 6. The largest absolute Gasteiger partial charge is 0.489 e. The fraction of sp³-hybridized carbons (Fsp3) is 0.429. The molecule has 0 aliphatic carbocycles. The number of fused-ring (bicyclic) bond motifs is 1. The second-order valence-electron chi connectivity index (χ2n) is 9.47. The second-order valence-corrected chi connectivity index (χ2v) is 9.47. The summed E-state index contributed by atoms with van der Waals surface area (Å²) >= 11 is 0. The molecule has 35 heavy (non-hydrogen) atoms. The average Bonchev–Trinajstić information content (AvgIpc) is 3.26. The Balaban J connectivity index is 1.16. The summed E-state index contributed by atoms with van der Waals surface area (Å²) in [4.78, 5) is 29.1. The van der Waals surface area contributed by atoms with E-state index < -0.39 is 0 Å². The van der Waals surface area contributed by atoms with Gasteiger partial charge in [0.15, 0.2) is 0 Å². The third kappa shape index (κ3) is 5.74. The maximum Gasteiger partial charge on any atom is 0.336 e. The summed E-state index contributed by atoms with van der Waals surface area (Å²) in [5.74, 6) is 0.708. The van der Waals surface area contributed by atoms with E-state index in [1.807, 2.05) is 48.2 Å². The Kier molecular flexibility index (Phi) is 7.16. The van der Waals surface area contributed by atoms with Crippen LogP contribution >= 0.6 is 0 Å². The summed E-state index contributed by atoms with van der Waals surface area (Å²) in [7, 11) is 0. The van der Waals surface area contributed by atoms with Crippen molar-refractivity contribution >= 4 is 16.9 Å². The van der Waals surface area contributed by atoms with Gasteiger partial charge in [-0.25, -0.2) is 4.79 Å². The molecule has 5 rings (SSSR count). The van der Waals surface area contributed by atoms with Crippen molar-refractivity contribution in [3.63, 3.8) is 0 Å². The van der Waals surface area contributed by atoms with E-state index in [4.69, 9.17) is 13.9 Å². The van der Waals surface area contributed by atoms with E-state index in [2.05, 4.69) is 4.90 Å². The molecule has 0 saturated carbocycles. The maximum absolute atomic E-state index is 13.1. The van der Waals surface area contributed by atoms with E-state index in [1.54, 1.807) is 6.07 Å². The molecule has 3 heterocycles. The highest BCUT2D eigenvalue weighted by atomic mass is 16.5. The molecule has 0 bridgehead atoms. The summed E-state index contributed by atoms with van der Waals surface area (Å²) in [6.45, 7) is 7.52. The van der Waals surface area contributed by atoms with Crippen LogP contribution in [0.4, 0.5) is 0 Å². The maximum atomic E-state index is 13.1. The van der Waals surface area contributed by atoms with Gasteiger partial charge in [-0.15, -0.1) is 0 Å². The molecule has 2 saturated heterocycles. The van der Waals surface area contributed by atoms with Crippen molar-refractivity contribution in [2.24, 2.45) is 0 Å². The third-order valence-electron chi connectivity index (χ3n) is 6.89. The first kappa shape index (κ1) is 23.6. The molecular formula is C28H32N2O5. The Hall–Kier alpha value is -3.16. The van der Waals surface area contributed by atoms with Crippen LogP contribution in [0.15, 0.2) is 57.7 Å². The predicted octanol–water partition coefficient (Wildman–Crippen LogP) is 4.01. The summed E-state index contributed by atoms with van der Waals surface area (Å²) < 4.78 is 17.0. The summed E-state index contributed by atoms with van der Waals surface area (Å²) in [6, 6.07) is 14.6. The number of hydrogen-bond donors (Lipinski definition) is 0. The molecule has 2 aliphatic rings. The number of nitrogens with zero attached hydrogens (tertiary/aromatic N) is 2. The van der Waals surface area contributed by atoms with Crippen molar-refractivity contribution in [2.45, 2.75) is 38.9 Å². The third-order valence-corrected chi connectivity index (χ3v) is 6.89. The fourth-order valence-electron chi connectivity index (χ4n) is 4.92. The van der Waals surface area contributed by atoms with Crippen molar-refractivity contribution in [1.29, 1.82) is 0 Å². The van der Waals surface area contributed by atoms with Crippen molar-refractivity contribution in [3.05, 3.63) is 75.6 Å². The summed E-state index contributed by atoms with van der Waals surface area (Å²) in [5, 5.41) is 0.892. The number of hydrogen-bond acceptors (Lipinski definition) is 6. The SMILES string of the molecule is Cc1cc(=O)oc2cc(OCc3ccc(C(=O)N4CCCN(C[C@H]5CCCO5)CC4)cc3)ccc12. The lowest BCUT2D eigenvalue weighted by molar-refractivity contribution is 0.0704. The molecule has 3 aromatic rings. The molecule has 0 radical (unpaired) electrons. The minimum atomic E-state index is -0.368. The van der Waals surface area contributed by atoms with Crippen molar-refractivity contribution in [1.82, 2.24) is 9.80 Å². The van der Waals surface area contributed by atoms with Gasteiger partial charge in [0.2, 0.25) is 0 Å². The van der Waals surface area contributed by atoms with Crippen molar-refractivity contribution in [3.8, 4) is 5.75 Å². The van der Waals surface area contributed by atoms with Crippen LogP contribution in [-0.4, -0.2) is 61.1 Å². The minimum Gasteiger partial charge on any atom is -0.489 e. The Bertz CT molecular complexity index is 1230. The van der Waals surface area contributed by atoms with E-state index >= 15 is 0 Å². The number of benzene rings is 2. The van der Waals surface area contributed by atoms with E-state index in [9.17, 15) is 9.59 Å². The first-order valence-corrected chi connectivity index (χ1v) is 12.4. The quantitative estimate of drug-likeness (QED) is 0.501. The monoisotopic (exact) mass is 476 g/mol. The molecule has 0 unspecified atom stereocenters. The Labute approximate surface area is 205 Å². The molecule has 184 valence electrons. The lowest BCUT2D eigenvalue weighted by atomic mass is 10.1. The van der Waals surface area contributed by atoms with Crippen LogP contribution in [0, 0.1) is 6.92 Å². The van der Waals surface area contributed by atoms with Gasteiger partial charge in [-0.05, 0) is 68.1 Å². The second kappa shape index (κ2) is 10.6. The molecule has 1 aromatic heterocycles. The van der Waals surface area contributed by atoms with Crippen LogP contribution in [0.3, 0.4) is 0 Å². The Morgan fingerprint density at radius 1 is 1.03 bits per heavy atom. The van der Waals surface area contributed by atoms with Crippen LogP contribution in [0.2, 0.25) is 0 Å². The van der Waals surface area contributed by atoms with Crippen LogP contribution < -0.4 is 10.4 Å². The van der Waals surface area contributed by atoms with Gasteiger partial charge in [0.25, 0.3) is 5.91 Å². The lowest BCUT2D eigenvalue weighted by Crippen LogP contribution is -2.37. The smallest absolute Gasteiger partial charge is 0.336 e. The molecule has 7 heteroatoms. The minimum absolute atomic E-state index is 0.0800. The average molecular weight is 477 g/mol. The standard InChI is InChI=1S/C28H32N2O5/c1-20-16-27(31)35-26-17-23(9-10-25(20)26)34-19-21-5-7-22(8-6-21)28(32)30-12-3-11-29(13-14-30)18-24-4-2-15-33-24/h5-10,16-17,24H,2-4,11-15,18-19H2,1H3/t24-/m1/s1. The first-order valence-electron chi connectivity index (χ1n) is 12.4. The normalized spacial score (nSPS) is 19.1. The van der Waals surface area contributed by atoms with E-state index in [1.165, 1.54) is 6.07 Å². The summed E-state index contributed by atoms with van der Waals surface area (Å²) in [5.41, 5.74) is 2.69. The van der Waals surface area contributed by atoms with Gasteiger partial charge < -0.3 is 18.8 Å². The zero-order valence-corrected chi connectivity index (χ0v) is 20.2. The molecule has 1 atom stereocenters.